The Kier molecular flexibility index (Phi) is 5.95. The summed E-state index contributed by atoms with van der Waals surface area (Å²) in [5.74, 6) is 0.0798. The Hall–Kier alpha value is -2.94. The second-order valence-corrected chi connectivity index (χ2v) is 8.16. The zero-order valence-electron chi connectivity index (χ0n) is 15.9. The van der Waals surface area contributed by atoms with Crippen LogP contribution >= 0.6 is 35.0 Å². The number of carbonyl (C=O) groups excluding carboxylic acids is 3. The van der Waals surface area contributed by atoms with Crippen molar-refractivity contribution in [2.75, 3.05) is 7.11 Å². The van der Waals surface area contributed by atoms with Gasteiger partial charge in [0.1, 0.15) is 17.3 Å². The van der Waals surface area contributed by atoms with E-state index in [0.29, 0.717) is 21.6 Å². The summed E-state index contributed by atoms with van der Waals surface area (Å²) >= 11 is 12.8. The first kappa shape index (κ1) is 21.3. The molecule has 0 N–H and O–H groups in total. The van der Waals surface area contributed by atoms with Gasteiger partial charge < -0.3 is 13.6 Å². The van der Waals surface area contributed by atoms with Gasteiger partial charge in [-0.2, -0.15) is 0 Å². The smallest absolute Gasteiger partial charge is 0.373 e. The zero-order valence-corrected chi connectivity index (χ0v) is 18.2. The predicted molar refractivity (Wildman–Crippen MR) is 116 cm³/mol. The summed E-state index contributed by atoms with van der Waals surface area (Å²) in [4.78, 5) is 37.7. The van der Waals surface area contributed by atoms with Crippen molar-refractivity contribution < 1.29 is 28.0 Å². The minimum atomic E-state index is -0.643. The number of carbonyl (C=O) groups is 3. The molecule has 2 aromatic heterocycles. The molecule has 10 heteroatoms. The fourth-order valence-corrected chi connectivity index (χ4v) is 3.95. The van der Waals surface area contributed by atoms with Crippen LogP contribution in [0.5, 0.6) is 0 Å². The first-order valence-corrected chi connectivity index (χ1v) is 10.4. The maximum atomic E-state index is 12.7. The molecular formula is C21H13Cl2NO6S. The second-order valence-electron chi connectivity index (χ2n) is 6.36. The second kappa shape index (κ2) is 8.66. The van der Waals surface area contributed by atoms with Crippen molar-refractivity contribution in [2.45, 2.75) is 6.54 Å². The van der Waals surface area contributed by atoms with E-state index >= 15 is 0 Å². The maximum Gasteiger partial charge on any atom is 0.373 e. The Labute approximate surface area is 190 Å². The van der Waals surface area contributed by atoms with E-state index < -0.39 is 17.1 Å². The highest BCUT2D eigenvalue weighted by Crippen LogP contribution is 2.35. The molecule has 0 spiro atoms. The van der Waals surface area contributed by atoms with Gasteiger partial charge in [0.05, 0.1) is 28.6 Å². The van der Waals surface area contributed by atoms with Crippen LogP contribution in [0.4, 0.5) is 4.79 Å². The van der Waals surface area contributed by atoms with Gasteiger partial charge in [-0.1, -0.05) is 23.2 Å². The zero-order chi connectivity index (χ0) is 22.1. The minimum absolute atomic E-state index is 0.00886. The monoisotopic (exact) mass is 477 g/mol. The molecule has 0 atom stereocenters. The molecule has 1 aliphatic heterocycles. The predicted octanol–water partition coefficient (Wildman–Crippen LogP) is 5.87. The summed E-state index contributed by atoms with van der Waals surface area (Å²) < 4.78 is 15.7. The molecule has 4 rings (SSSR count). The molecule has 3 aromatic rings. The number of amides is 2. The SMILES string of the molecule is COC(=O)c1ccc(CN2C(=O)S/C(=C\c3ccc(-c4ccc(Cl)c(Cl)c4)o3)C2=O)o1. The Morgan fingerprint density at radius 3 is 2.65 bits per heavy atom. The fraction of sp³-hybridized carbons (Fsp3) is 0.0952. The maximum absolute atomic E-state index is 12.7. The Bertz CT molecular complexity index is 1230. The number of ether oxygens (including phenoxy) is 1. The molecule has 31 heavy (non-hydrogen) atoms. The molecule has 1 aromatic carbocycles. The highest BCUT2D eigenvalue weighted by atomic mass is 35.5. The van der Waals surface area contributed by atoms with Crippen LogP contribution < -0.4 is 0 Å². The first-order chi connectivity index (χ1) is 14.9. The molecule has 0 saturated carbocycles. The van der Waals surface area contributed by atoms with Crippen molar-refractivity contribution in [1.82, 2.24) is 4.90 Å². The van der Waals surface area contributed by atoms with Gasteiger partial charge in [-0.05, 0) is 54.2 Å². The number of benzene rings is 1. The van der Waals surface area contributed by atoms with E-state index in [2.05, 4.69) is 4.74 Å². The Balaban J connectivity index is 1.51. The molecular weight excluding hydrogens is 465 g/mol. The number of imide groups is 1. The van der Waals surface area contributed by atoms with Gasteiger partial charge in [0.25, 0.3) is 11.1 Å². The van der Waals surface area contributed by atoms with Crippen molar-refractivity contribution in [3.63, 3.8) is 0 Å². The molecule has 1 saturated heterocycles. The molecule has 158 valence electrons. The van der Waals surface area contributed by atoms with Crippen LogP contribution in [0.2, 0.25) is 10.0 Å². The van der Waals surface area contributed by atoms with E-state index in [4.69, 9.17) is 32.0 Å². The van der Waals surface area contributed by atoms with E-state index in [0.717, 1.165) is 22.2 Å². The van der Waals surface area contributed by atoms with Gasteiger partial charge in [0, 0.05) is 11.6 Å². The van der Waals surface area contributed by atoms with Gasteiger partial charge >= 0.3 is 5.97 Å². The van der Waals surface area contributed by atoms with E-state index in [9.17, 15) is 14.4 Å². The molecule has 7 nitrogen and oxygen atoms in total. The van der Waals surface area contributed by atoms with Gasteiger partial charge in [0.2, 0.25) is 5.76 Å². The lowest BCUT2D eigenvalue weighted by atomic mass is 10.2. The average Bonchev–Trinajstić information content (AvgIpc) is 3.47. The number of hydrogen-bond donors (Lipinski definition) is 0. The van der Waals surface area contributed by atoms with Gasteiger partial charge in [-0.3, -0.25) is 14.5 Å². The van der Waals surface area contributed by atoms with Crippen molar-refractivity contribution >= 4 is 58.2 Å². The summed E-state index contributed by atoms with van der Waals surface area (Å²) in [6.07, 6.45) is 1.49. The van der Waals surface area contributed by atoms with Crippen molar-refractivity contribution in [2.24, 2.45) is 0 Å². The van der Waals surface area contributed by atoms with Crippen LogP contribution in [-0.4, -0.2) is 29.1 Å². The number of rotatable bonds is 5. The molecule has 1 fully saturated rings. The van der Waals surface area contributed by atoms with Crippen LogP contribution in [0.3, 0.4) is 0 Å². The van der Waals surface area contributed by atoms with Crippen LogP contribution in [0.25, 0.3) is 17.4 Å². The standard InChI is InChI=1S/C21H13Cl2NO6S/c1-28-20(26)17-7-4-13(30-17)10-24-19(25)18(31-21(24)27)9-12-3-6-16(29-12)11-2-5-14(22)15(23)8-11/h2-9H,10H2,1H3/b18-9-. The van der Waals surface area contributed by atoms with Crippen LogP contribution in [-0.2, 0) is 16.1 Å². The Morgan fingerprint density at radius 2 is 1.90 bits per heavy atom. The highest BCUT2D eigenvalue weighted by molar-refractivity contribution is 8.18. The highest BCUT2D eigenvalue weighted by Gasteiger charge is 2.36. The van der Waals surface area contributed by atoms with Gasteiger partial charge in [-0.15, -0.1) is 0 Å². The molecule has 0 unspecified atom stereocenters. The molecule has 0 radical (unpaired) electrons. The summed E-state index contributed by atoms with van der Waals surface area (Å²) in [6.45, 7) is -0.105. The molecule has 1 aliphatic rings. The summed E-state index contributed by atoms with van der Waals surface area (Å²) in [5.41, 5.74) is 0.724. The first-order valence-electron chi connectivity index (χ1n) is 8.83. The average molecular weight is 478 g/mol. The van der Waals surface area contributed by atoms with Crippen LogP contribution in [0.1, 0.15) is 22.1 Å². The molecule has 0 bridgehead atoms. The third kappa shape index (κ3) is 4.41. The number of furan rings is 2. The third-order valence-corrected chi connectivity index (χ3v) is 5.99. The topological polar surface area (TPSA) is 90.0 Å². The van der Waals surface area contributed by atoms with Crippen molar-refractivity contribution in [3.05, 3.63) is 74.7 Å². The van der Waals surface area contributed by atoms with Crippen molar-refractivity contribution in [1.29, 1.82) is 0 Å². The van der Waals surface area contributed by atoms with E-state index in [1.165, 1.54) is 25.3 Å². The van der Waals surface area contributed by atoms with E-state index in [1.807, 2.05) is 0 Å². The summed E-state index contributed by atoms with van der Waals surface area (Å²) in [6, 6.07) is 11.4. The van der Waals surface area contributed by atoms with Crippen LogP contribution in [0.15, 0.2) is 56.2 Å². The summed E-state index contributed by atoms with van der Waals surface area (Å²) in [7, 11) is 1.23. The summed E-state index contributed by atoms with van der Waals surface area (Å²) in [5, 5.41) is 0.371. The molecule has 0 aliphatic carbocycles. The fourth-order valence-electron chi connectivity index (χ4n) is 2.83. The molecule has 3 heterocycles. The number of esters is 1. The lowest BCUT2D eigenvalue weighted by Crippen LogP contribution is -2.27. The van der Waals surface area contributed by atoms with E-state index in [-0.39, 0.29) is 23.0 Å². The quantitative estimate of drug-likeness (QED) is 0.335. The number of thioether (sulfide) groups is 1. The largest absolute Gasteiger partial charge is 0.463 e. The Morgan fingerprint density at radius 1 is 1.10 bits per heavy atom. The van der Waals surface area contributed by atoms with Gasteiger partial charge in [0.15, 0.2) is 0 Å². The third-order valence-electron chi connectivity index (χ3n) is 4.34. The van der Waals surface area contributed by atoms with E-state index in [1.54, 1.807) is 30.3 Å². The number of hydrogen-bond acceptors (Lipinski definition) is 7. The minimum Gasteiger partial charge on any atom is -0.463 e. The van der Waals surface area contributed by atoms with Crippen LogP contribution in [0, 0.1) is 0 Å². The molecule has 2 amide bonds. The lowest BCUT2D eigenvalue weighted by molar-refractivity contribution is -0.123. The number of halogens is 2. The number of nitrogens with zero attached hydrogens (tertiary/aromatic N) is 1. The van der Waals surface area contributed by atoms with Gasteiger partial charge in [-0.25, -0.2) is 4.79 Å². The number of methoxy groups -OCH3 is 1. The lowest BCUT2D eigenvalue weighted by Gasteiger charge is -2.09. The normalized spacial score (nSPS) is 15.2. The van der Waals surface area contributed by atoms with Crippen molar-refractivity contribution in [3.8, 4) is 11.3 Å².